The Labute approximate surface area is 109 Å². The van der Waals surface area contributed by atoms with Gasteiger partial charge in [0.05, 0.1) is 18.8 Å². The highest BCUT2D eigenvalue weighted by atomic mass is 19.1. The molecule has 0 aliphatic rings. The number of halogens is 2. The molecule has 1 rings (SSSR count). The SMILES string of the molecule is CCCOc1c(F)cc(F)cc1C(=O)C(=O)OCC. The van der Waals surface area contributed by atoms with Crippen molar-refractivity contribution in [3.05, 3.63) is 29.3 Å². The predicted octanol–water partition coefficient (Wildman–Crippen LogP) is 2.50. The lowest BCUT2D eigenvalue weighted by Crippen LogP contribution is -2.19. The van der Waals surface area contributed by atoms with Crippen LogP contribution in [0.2, 0.25) is 0 Å². The van der Waals surface area contributed by atoms with Crippen LogP contribution in [0.1, 0.15) is 30.6 Å². The molecule has 0 amide bonds. The van der Waals surface area contributed by atoms with E-state index in [0.717, 1.165) is 6.07 Å². The van der Waals surface area contributed by atoms with Crippen molar-refractivity contribution in [3.8, 4) is 5.75 Å². The Kier molecular flexibility index (Phi) is 5.41. The van der Waals surface area contributed by atoms with Gasteiger partial charge in [0.15, 0.2) is 11.6 Å². The van der Waals surface area contributed by atoms with Crippen molar-refractivity contribution in [3.63, 3.8) is 0 Å². The molecule has 0 aliphatic heterocycles. The number of benzene rings is 1. The monoisotopic (exact) mass is 272 g/mol. The Morgan fingerprint density at radius 2 is 1.89 bits per heavy atom. The first-order valence-corrected chi connectivity index (χ1v) is 5.84. The molecule has 0 saturated heterocycles. The third-order valence-corrected chi connectivity index (χ3v) is 2.16. The van der Waals surface area contributed by atoms with Gasteiger partial charge in [-0.05, 0) is 19.4 Å². The second-order valence-corrected chi connectivity index (χ2v) is 3.66. The Bertz CT molecular complexity index is 486. The van der Waals surface area contributed by atoms with Gasteiger partial charge in [-0.25, -0.2) is 13.6 Å². The molecule has 0 bridgehead atoms. The van der Waals surface area contributed by atoms with E-state index in [9.17, 15) is 18.4 Å². The van der Waals surface area contributed by atoms with Crippen molar-refractivity contribution in [2.24, 2.45) is 0 Å². The number of carbonyl (C=O) groups excluding carboxylic acids is 2. The fourth-order valence-corrected chi connectivity index (χ4v) is 1.39. The lowest BCUT2D eigenvalue weighted by Gasteiger charge is -2.11. The van der Waals surface area contributed by atoms with Crippen LogP contribution in [-0.4, -0.2) is 25.0 Å². The second kappa shape index (κ2) is 6.82. The lowest BCUT2D eigenvalue weighted by molar-refractivity contribution is -0.137. The molecule has 0 aromatic heterocycles. The van der Waals surface area contributed by atoms with E-state index < -0.39 is 34.7 Å². The number of hydrogen-bond acceptors (Lipinski definition) is 4. The van der Waals surface area contributed by atoms with E-state index in [-0.39, 0.29) is 13.2 Å². The normalized spacial score (nSPS) is 10.1. The van der Waals surface area contributed by atoms with Crippen LogP contribution in [0.25, 0.3) is 0 Å². The number of Topliss-reactive ketones (excluding diaryl/α,β-unsaturated/α-hetero) is 1. The molecule has 0 heterocycles. The van der Waals surface area contributed by atoms with Crippen LogP contribution in [0.4, 0.5) is 8.78 Å². The summed E-state index contributed by atoms with van der Waals surface area (Å²) in [6.07, 6.45) is 0.573. The minimum absolute atomic E-state index is 0.00643. The van der Waals surface area contributed by atoms with Gasteiger partial charge in [-0.2, -0.15) is 0 Å². The highest BCUT2D eigenvalue weighted by molar-refractivity contribution is 6.41. The van der Waals surface area contributed by atoms with E-state index in [2.05, 4.69) is 4.74 Å². The fraction of sp³-hybridized carbons (Fsp3) is 0.385. The molecular weight excluding hydrogens is 258 g/mol. The summed E-state index contributed by atoms with van der Waals surface area (Å²) < 4.78 is 36.3. The maximum Gasteiger partial charge on any atom is 0.379 e. The molecule has 0 unspecified atom stereocenters. The maximum absolute atomic E-state index is 13.6. The molecule has 1 aromatic carbocycles. The predicted molar refractivity (Wildman–Crippen MR) is 63.1 cm³/mol. The van der Waals surface area contributed by atoms with Gasteiger partial charge in [0.2, 0.25) is 0 Å². The molecule has 0 saturated carbocycles. The molecule has 6 heteroatoms. The summed E-state index contributed by atoms with van der Waals surface area (Å²) in [5.74, 6) is -4.73. The Morgan fingerprint density at radius 1 is 1.21 bits per heavy atom. The highest BCUT2D eigenvalue weighted by Gasteiger charge is 2.25. The molecule has 1 aromatic rings. The molecule has 0 atom stereocenters. The zero-order valence-corrected chi connectivity index (χ0v) is 10.7. The van der Waals surface area contributed by atoms with Crippen molar-refractivity contribution >= 4 is 11.8 Å². The van der Waals surface area contributed by atoms with Gasteiger partial charge in [0.1, 0.15) is 5.82 Å². The van der Waals surface area contributed by atoms with Gasteiger partial charge in [0, 0.05) is 6.07 Å². The van der Waals surface area contributed by atoms with Crippen molar-refractivity contribution in [1.82, 2.24) is 0 Å². The van der Waals surface area contributed by atoms with E-state index in [0.29, 0.717) is 12.5 Å². The molecule has 0 radical (unpaired) electrons. The molecule has 0 fully saturated rings. The van der Waals surface area contributed by atoms with Crippen molar-refractivity contribution < 1.29 is 27.8 Å². The third-order valence-electron chi connectivity index (χ3n) is 2.16. The van der Waals surface area contributed by atoms with Gasteiger partial charge in [-0.3, -0.25) is 4.79 Å². The summed E-state index contributed by atoms with van der Waals surface area (Å²) in [6.45, 7) is 3.44. The van der Waals surface area contributed by atoms with Crippen LogP contribution in [0.3, 0.4) is 0 Å². The van der Waals surface area contributed by atoms with Crippen LogP contribution in [0.15, 0.2) is 12.1 Å². The average molecular weight is 272 g/mol. The van der Waals surface area contributed by atoms with E-state index in [1.54, 1.807) is 6.92 Å². The van der Waals surface area contributed by atoms with Gasteiger partial charge in [-0.15, -0.1) is 0 Å². The molecule has 0 N–H and O–H groups in total. The standard InChI is InChI=1S/C13H14F2O4/c1-3-5-19-12-9(6-8(14)7-10(12)15)11(16)13(17)18-4-2/h6-7H,3-5H2,1-2H3. The summed E-state index contributed by atoms with van der Waals surface area (Å²) in [5, 5.41) is 0. The molecule has 104 valence electrons. The second-order valence-electron chi connectivity index (χ2n) is 3.66. The smallest absolute Gasteiger partial charge is 0.379 e. The highest BCUT2D eigenvalue weighted by Crippen LogP contribution is 2.25. The minimum atomic E-state index is -1.17. The summed E-state index contributed by atoms with van der Waals surface area (Å²) in [4.78, 5) is 23.1. The number of rotatable bonds is 6. The number of ether oxygens (including phenoxy) is 2. The first kappa shape index (κ1) is 15.1. The number of carbonyl (C=O) groups is 2. The summed E-state index contributed by atoms with van der Waals surface area (Å²) in [7, 11) is 0. The zero-order chi connectivity index (χ0) is 14.4. The Balaban J connectivity index is 3.16. The zero-order valence-electron chi connectivity index (χ0n) is 10.7. The van der Waals surface area contributed by atoms with E-state index in [4.69, 9.17) is 4.74 Å². The number of ketones is 1. The summed E-state index contributed by atoms with van der Waals surface area (Å²) in [5.41, 5.74) is -0.468. The van der Waals surface area contributed by atoms with Crippen LogP contribution < -0.4 is 4.74 Å². The fourth-order valence-electron chi connectivity index (χ4n) is 1.39. The number of hydrogen-bond donors (Lipinski definition) is 0. The van der Waals surface area contributed by atoms with Gasteiger partial charge < -0.3 is 9.47 Å². The minimum Gasteiger partial charge on any atom is -0.490 e. The van der Waals surface area contributed by atoms with Crippen LogP contribution in [0, 0.1) is 11.6 Å². The van der Waals surface area contributed by atoms with Crippen LogP contribution in [-0.2, 0) is 9.53 Å². The van der Waals surface area contributed by atoms with Crippen molar-refractivity contribution in [1.29, 1.82) is 0 Å². The Hall–Kier alpha value is -1.98. The lowest BCUT2D eigenvalue weighted by atomic mass is 10.1. The number of esters is 1. The van der Waals surface area contributed by atoms with Gasteiger partial charge >= 0.3 is 5.97 Å². The van der Waals surface area contributed by atoms with Crippen LogP contribution >= 0.6 is 0 Å². The third kappa shape index (κ3) is 3.74. The van der Waals surface area contributed by atoms with E-state index in [1.165, 1.54) is 6.92 Å². The van der Waals surface area contributed by atoms with Gasteiger partial charge in [0.25, 0.3) is 5.78 Å². The van der Waals surface area contributed by atoms with Crippen molar-refractivity contribution in [2.45, 2.75) is 20.3 Å². The molecule has 19 heavy (non-hydrogen) atoms. The van der Waals surface area contributed by atoms with Crippen molar-refractivity contribution in [2.75, 3.05) is 13.2 Å². The van der Waals surface area contributed by atoms with E-state index in [1.807, 2.05) is 0 Å². The van der Waals surface area contributed by atoms with Crippen LogP contribution in [0.5, 0.6) is 5.75 Å². The van der Waals surface area contributed by atoms with E-state index >= 15 is 0 Å². The molecule has 4 nitrogen and oxygen atoms in total. The molecule has 0 spiro atoms. The summed E-state index contributed by atoms with van der Waals surface area (Å²) >= 11 is 0. The maximum atomic E-state index is 13.6. The quantitative estimate of drug-likeness (QED) is 0.453. The largest absolute Gasteiger partial charge is 0.490 e. The molecule has 0 aliphatic carbocycles. The first-order valence-electron chi connectivity index (χ1n) is 5.84. The average Bonchev–Trinajstić information content (AvgIpc) is 2.36. The first-order chi connectivity index (χ1) is 9.01. The Morgan fingerprint density at radius 3 is 2.47 bits per heavy atom. The van der Waals surface area contributed by atoms with Gasteiger partial charge in [-0.1, -0.05) is 6.92 Å². The summed E-state index contributed by atoms with van der Waals surface area (Å²) in [6, 6.07) is 1.35. The molecular formula is C13H14F2O4. The topological polar surface area (TPSA) is 52.6 Å².